The Labute approximate surface area is 112 Å². The molecule has 1 N–H and O–H groups in total. The third-order valence-electron chi connectivity index (χ3n) is 3.50. The Kier molecular flexibility index (Phi) is 2.57. The molecule has 3 nitrogen and oxygen atoms in total. The number of rotatable bonds is 1. The molecule has 0 spiro atoms. The van der Waals surface area contributed by atoms with Crippen LogP contribution in [0.3, 0.4) is 0 Å². The minimum Gasteiger partial charge on any atom is -0.322 e. The van der Waals surface area contributed by atoms with E-state index in [1.165, 1.54) is 0 Å². The molecule has 1 aliphatic heterocycles. The van der Waals surface area contributed by atoms with Gasteiger partial charge in [0.2, 0.25) is 0 Å². The van der Waals surface area contributed by atoms with Crippen LogP contribution in [0.25, 0.3) is 0 Å². The first-order valence-electron chi connectivity index (χ1n) is 6.16. The standard InChI is InChI=1S/C16H13N3/c1-11-6-7-12(9-17)8-15(11)19-10-13-4-2-3-5-14(13)16(19)18/h2-8,18H,10H2,1H3. The van der Waals surface area contributed by atoms with E-state index >= 15 is 0 Å². The number of hydrogen-bond donors (Lipinski definition) is 1. The summed E-state index contributed by atoms with van der Waals surface area (Å²) in [6.45, 7) is 2.71. The Balaban J connectivity index is 2.07. The number of aryl methyl sites for hydroxylation is 1. The lowest BCUT2D eigenvalue weighted by atomic mass is 10.1. The van der Waals surface area contributed by atoms with Crippen molar-refractivity contribution >= 4 is 11.5 Å². The first-order valence-corrected chi connectivity index (χ1v) is 6.16. The molecule has 0 aliphatic carbocycles. The second-order valence-corrected chi connectivity index (χ2v) is 4.70. The van der Waals surface area contributed by atoms with Crippen LogP contribution in [0, 0.1) is 23.7 Å². The smallest absolute Gasteiger partial charge is 0.133 e. The van der Waals surface area contributed by atoms with Crippen LogP contribution in [0.5, 0.6) is 0 Å². The minimum atomic E-state index is 0.508. The van der Waals surface area contributed by atoms with Crippen molar-refractivity contribution in [3.05, 3.63) is 64.7 Å². The van der Waals surface area contributed by atoms with Crippen LogP contribution in [-0.4, -0.2) is 5.84 Å². The first-order chi connectivity index (χ1) is 9.20. The summed E-state index contributed by atoms with van der Waals surface area (Å²) in [5, 5.41) is 17.3. The summed E-state index contributed by atoms with van der Waals surface area (Å²) in [6, 6.07) is 15.7. The van der Waals surface area contributed by atoms with E-state index in [2.05, 4.69) is 6.07 Å². The molecule has 19 heavy (non-hydrogen) atoms. The maximum absolute atomic E-state index is 9.01. The fourth-order valence-electron chi connectivity index (χ4n) is 2.46. The maximum atomic E-state index is 9.01. The van der Waals surface area contributed by atoms with Gasteiger partial charge in [-0.15, -0.1) is 0 Å². The van der Waals surface area contributed by atoms with E-state index in [1.807, 2.05) is 54.3 Å². The van der Waals surface area contributed by atoms with Gasteiger partial charge in [0.15, 0.2) is 0 Å². The first kappa shape index (κ1) is 11.5. The summed E-state index contributed by atoms with van der Waals surface area (Å²) in [5.74, 6) is 0.508. The maximum Gasteiger partial charge on any atom is 0.133 e. The molecule has 0 saturated heterocycles. The number of nitrogens with one attached hydrogen (secondary N) is 1. The van der Waals surface area contributed by atoms with Crippen molar-refractivity contribution in [3.8, 4) is 6.07 Å². The van der Waals surface area contributed by atoms with Crippen molar-refractivity contribution in [2.75, 3.05) is 4.90 Å². The van der Waals surface area contributed by atoms with Gasteiger partial charge in [-0.1, -0.05) is 30.3 Å². The van der Waals surface area contributed by atoms with Gasteiger partial charge in [-0.2, -0.15) is 5.26 Å². The van der Waals surface area contributed by atoms with Crippen LogP contribution in [0.4, 0.5) is 5.69 Å². The molecule has 2 aromatic carbocycles. The van der Waals surface area contributed by atoms with Gasteiger partial charge in [-0.25, -0.2) is 0 Å². The van der Waals surface area contributed by atoms with Crippen molar-refractivity contribution in [1.82, 2.24) is 0 Å². The molecule has 0 amide bonds. The van der Waals surface area contributed by atoms with Crippen molar-refractivity contribution in [2.45, 2.75) is 13.5 Å². The largest absolute Gasteiger partial charge is 0.322 e. The van der Waals surface area contributed by atoms with Gasteiger partial charge < -0.3 is 4.90 Å². The number of nitrogens with zero attached hydrogens (tertiary/aromatic N) is 2. The monoisotopic (exact) mass is 247 g/mol. The number of fused-ring (bicyclic) bond motifs is 1. The van der Waals surface area contributed by atoms with E-state index in [0.717, 1.165) is 22.4 Å². The van der Waals surface area contributed by atoms with Gasteiger partial charge in [-0.3, -0.25) is 5.41 Å². The van der Waals surface area contributed by atoms with Crippen molar-refractivity contribution < 1.29 is 0 Å². The molecule has 92 valence electrons. The van der Waals surface area contributed by atoms with Crippen LogP contribution in [0.15, 0.2) is 42.5 Å². The quantitative estimate of drug-likeness (QED) is 0.841. The molecule has 1 aliphatic rings. The Bertz CT molecular complexity index is 710. The van der Waals surface area contributed by atoms with Crippen molar-refractivity contribution in [2.24, 2.45) is 0 Å². The third kappa shape index (κ3) is 1.78. The molecule has 0 radical (unpaired) electrons. The number of hydrogen-bond acceptors (Lipinski definition) is 2. The lowest BCUT2D eigenvalue weighted by Crippen LogP contribution is -2.24. The predicted molar refractivity (Wildman–Crippen MR) is 75.3 cm³/mol. The number of nitriles is 1. The highest BCUT2D eigenvalue weighted by molar-refractivity contribution is 6.12. The summed E-state index contributed by atoms with van der Waals surface area (Å²) in [4.78, 5) is 1.96. The Hall–Kier alpha value is -2.60. The lowest BCUT2D eigenvalue weighted by Gasteiger charge is -2.20. The summed E-state index contributed by atoms with van der Waals surface area (Å²) < 4.78 is 0. The predicted octanol–water partition coefficient (Wildman–Crippen LogP) is 3.21. The zero-order chi connectivity index (χ0) is 13.4. The second kappa shape index (κ2) is 4.25. The van der Waals surface area contributed by atoms with Crippen molar-refractivity contribution in [1.29, 1.82) is 10.7 Å². The molecule has 1 heterocycles. The van der Waals surface area contributed by atoms with E-state index in [-0.39, 0.29) is 0 Å². The molecule has 3 rings (SSSR count). The van der Waals surface area contributed by atoms with Gasteiger partial charge in [0.25, 0.3) is 0 Å². The summed E-state index contributed by atoms with van der Waals surface area (Å²) >= 11 is 0. The zero-order valence-corrected chi connectivity index (χ0v) is 10.6. The fourth-order valence-corrected chi connectivity index (χ4v) is 2.46. The Morgan fingerprint density at radius 2 is 2.00 bits per heavy atom. The number of anilines is 1. The Morgan fingerprint density at radius 3 is 2.74 bits per heavy atom. The highest BCUT2D eigenvalue weighted by Gasteiger charge is 2.25. The molecular formula is C16H13N3. The van der Waals surface area contributed by atoms with Crippen LogP contribution in [0.2, 0.25) is 0 Å². The molecular weight excluding hydrogens is 234 g/mol. The highest BCUT2D eigenvalue weighted by Crippen LogP contribution is 2.30. The molecule has 0 atom stereocenters. The van der Waals surface area contributed by atoms with E-state index in [9.17, 15) is 0 Å². The third-order valence-corrected chi connectivity index (χ3v) is 3.50. The molecule has 0 aromatic heterocycles. The minimum absolute atomic E-state index is 0.508. The summed E-state index contributed by atoms with van der Waals surface area (Å²) in [7, 11) is 0. The van der Waals surface area contributed by atoms with Gasteiger partial charge >= 0.3 is 0 Å². The molecule has 0 fully saturated rings. The topological polar surface area (TPSA) is 50.9 Å². The highest BCUT2D eigenvalue weighted by atomic mass is 15.2. The van der Waals surface area contributed by atoms with Crippen LogP contribution in [0.1, 0.15) is 22.3 Å². The van der Waals surface area contributed by atoms with Gasteiger partial charge in [-0.05, 0) is 30.2 Å². The van der Waals surface area contributed by atoms with E-state index in [0.29, 0.717) is 17.9 Å². The second-order valence-electron chi connectivity index (χ2n) is 4.70. The average Bonchev–Trinajstić information content (AvgIpc) is 2.77. The van der Waals surface area contributed by atoms with Crippen LogP contribution < -0.4 is 4.90 Å². The molecule has 0 saturated carbocycles. The summed E-state index contributed by atoms with van der Waals surface area (Å²) in [6.07, 6.45) is 0. The SMILES string of the molecule is Cc1ccc(C#N)cc1N1Cc2ccccc2C1=N. The normalized spacial score (nSPS) is 13.3. The number of benzene rings is 2. The van der Waals surface area contributed by atoms with Gasteiger partial charge in [0.05, 0.1) is 18.2 Å². The number of amidine groups is 1. The van der Waals surface area contributed by atoms with Gasteiger partial charge in [0, 0.05) is 11.3 Å². The Morgan fingerprint density at radius 1 is 1.21 bits per heavy atom. The van der Waals surface area contributed by atoms with E-state index in [1.54, 1.807) is 0 Å². The molecule has 0 bridgehead atoms. The molecule has 3 heteroatoms. The van der Waals surface area contributed by atoms with Crippen molar-refractivity contribution in [3.63, 3.8) is 0 Å². The molecule has 2 aromatic rings. The van der Waals surface area contributed by atoms with Crippen LogP contribution in [-0.2, 0) is 6.54 Å². The fraction of sp³-hybridized carbons (Fsp3) is 0.125. The van der Waals surface area contributed by atoms with Gasteiger partial charge in [0.1, 0.15) is 5.84 Å². The average molecular weight is 247 g/mol. The van der Waals surface area contributed by atoms with E-state index < -0.39 is 0 Å². The lowest BCUT2D eigenvalue weighted by molar-refractivity contribution is 1.04. The molecule has 0 unspecified atom stereocenters. The summed E-state index contributed by atoms with van der Waals surface area (Å²) in [5.41, 5.74) is 4.79. The van der Waals surface area contributed by atoms with E-state index in [4.69, 9.17) is 10.7 Å². The zero-order valence-electron chi connectivity index (χ0n) is 10.6. The van der Waals surface area contributed by atoms with Crippen LogP contribution >= 0.6 is 0 Å².